The molecule has 25 heavy (non-hydrogen) atoms. The van der Waals surface area contributed by atoms with E-state index >= 15 is 0 Å². The van der Waals surface area contributed by atoms with Gasteiger partial charge in [-0.25, -0.2) is 9.67 Å². The molecule has 0 unspecified atom stereocenters. The van der Waals surface area contributed by atoms with Crippen molar-refractivity contribution in [3.8, 4) is 17.2 Å². The summed E-state index contributed by atoms with van der Waals surface area (Å²) < 4.78 is 13.0. The van der Waals surface area contributed by atoms with Gasteiger partial charge in [-0.05, 0) is 45.2 Å². The second-order valence-electron chi connectivity index (χ2n) is 5.62. The first kappa shape index (κ1) is 17.8. The Kier molecular flexibility index (Phi) is 5.62. The van der Waals surface area contributed by atoms with Gasteiger partial charge < -0.3 is 9.15 Å². The lowest BCUT2D eigenvalue weighted by Crippen LogP contribution is -2.22. The fraction of sp³-hybridized carbons (Fsp3) is 0.353. The lowest BCUT2D eigenvalue weighted by molar-refractivity contribution is 0.238. The van der Waals surface area contributed by atoms with Crippen molar-refractivity contribution in [1.82, 2.24) is 19.7 Å². The number of ether oxygens (including phenoxy) is 1. The van der Waals surface area contributed by atoms with Crippen molar-refractivity contribution >= 4 is 23.6 Å². The quantitative estimate of drug-likeness (QED) is 0.578. The van der Waals surface area contributed by atoms with Crippen LogP contribution in [0.4, 0.5) is 0 Å². The third kappa shape index (κ3) is 4.33. The Labute approximate surface area is 155 Å². The molecule has 0 saturated heterocycles. The van der Waals surface area contributed by atoms with E-state index < -0.39 is 0 Å². The van der Waals surface area contributed by atoms with E-state index in [-0.39, 0.29) is 0 Å². The Morgan fingerprint density at radius 1 is 1.36 bits per heavy atom. The summed E-state index contributed by atoms with van der Waals surface area (Å²) in [4.78, 5) is 6.90. The molecule has 0 bridgehead atoms. The van der Waals surface area contributed by atoms with E-state index in [9.17, 15) is 0 Å². The molecule has 0 amide bonds. The highest BCUT2D eigenvalue weighted by Gasteiger charge is 2.14. The third-order valence-electron chi connectivity index (χ3n) is 3.50. The van der Waals surface area contributed by atoms with Crippen molar-refractivity contribution in [3.63, 3.8) is 0 Å². The zero-order valence-electron chi connectivity index (χ0n) is 14.4. The van der Waals surface area contributed by atoms with Crippen molar-refractivity contribution in [2.75, 3.05) is 13.7 Å². The monoisotopic (exact) mass is 376 g/mol. The van der Waals surface area contributed by atoms with E-state index in [4.69, 9.17) is 21.4 Å². The Balaban J connectivity index is 1.77. The molecule has 0 spiro atoms. The molecular weight excluding hydrogens is 356 g/mol. The maximum Gasteiger partial charge on any atom is 0.288 e. The van der Waals surface area contributed by atoms with Crippen molar-refractivity contribution in [2.45, 2.75) is 27.1 Å². The van der Waals surface area contributed by atoms with E-state index in [1.165, 1.54) is 0 Å². The molecule has 3 rings (SSSR count). The minimum absolute atomic E-state index is 0.336. The number of rotatable bonds is 7. The summed E-state index contributed by atoms with van der Waals surface area (Å²) >= 11 is 6.97. The maximum absolute atomic E-state index is 5.69. The molecule has 0 aliphatic rings. The van der Waals surface area contributed by atoms with E-state index in [1.54, 1.807) is 16.0 Å². The van der Waals surface area contributed by atoms with Crippen molar-refractivity contribution in [3.05, 3.63) is 45.2 Å². The summed E-state index contributed by atoms with van der Waals surface area (Å²) in [5.74, 6) is 1.20. The summed E-state index contributed by atoms with van der Waals surface area (Å²) in [6.45, 7) is 5.78. The first-order valence-corrected chi connectivity index (χ1v) is 9.25. The fourth-order valence-electron chi connectivity index (χ4n) is 2.47. The van der Waals surface area contributed by atoms with Crippen LogP contribution in [-0.2, 0) is 13.2 Å². The highest BCUT2D eigenvalue weighted by molar-refractivity contribution is 7.71. The SMILES string of the molecule is CCOc1ccccc1-c1nn(CN(C)Cc2csc(C)n2)c(=S)o1. The Morgan fingerprint density at radius 3 is 2.88 bits per heavy atom. The first-order chi connectivity index (χ1) is 12.1. The van der Waals surface area contributed by atoms with Crippen molar-refractivity contribution < 1.29 is 9.15 Å². The van der Waals surface area contributed by atoms with Gasteiger partial charge in [0.25, 0.3) is 10.7 Å². The van der Waals surface area contributed by atoms with Gasteiger partial charge in [0.1, 0.15) is 5.75 Å². The van der Waals surface area contributed by atoms with Gasteiger partial charge in [-0.1, -0.05) is 12.1 Å². The topological polar surface area (TPSA) is 56.3 Å². The van der Waals surface area contributed by atoms with Gasteiger partial charge in [0, 0.05) is 11.9 Å². The predicted octanol–water partition coefficient (Wildman–Crippen LogP) is 4.13. The molecule has 0 atom stereocenters. The van der Waals surface area contributed by atoms with Gasteiger partial charge in [-0.2, -0.15) is 0 Å². The van der Waals surface area contributed by atoms with Crippen LogP contribution in [0.2, 0.25) is 0 Å². The molecular formula is C17H20N4O2S2. The van der Waals surface area contributed by atoms with Crippen LogP contribution in [0.5, 0.6) is 5.75 Å². The Hall–Kier alpha value is -2.03. The number of hydrogen-bond acceptors (Lipinski definition) is 7. The first-order valence-electron chi connectivity index (χ1n) is 7.96. The standard InChI is InChI=1S/C17H20N4O2S2/c1-4-22-15-8-6-5-7-14(15)16-19-21(17(24)23-16)11-20(3)9-13-10-25-12(2)18-13/h5-8,10H,4,9,11H2,1-3H3. The van der Waals surface area contributed by atoms with Crippen LogP contribution in [0.3, 0.4) is 0 Å². The van der Waals surface area contributed by atoms with Gasteiger partial charge >= 0.3 is 0 Å². The van der Waals surface area contributed by atoms with Crippen molar-refractivity contribution in [1.29, 1.82) is 0 Å². The largest absolute Gasteiger partial charge is 0.493 e. The predicted molar refractivity (Wildman–Crippen MR) is 100 cm³/mol. The highest BCUT2D eigenvalue weighted by Crippen LogP contribution is 2.28. The highest BCUT2D eigenvalue weighted by atomic mass is 32.1. The minimum Gasteiger partial charge on any atom is -0.493 e. The van der Waals surface area contributed by atoms with Gasteiger partial charge in [0.05, 0.1) is 29.5 Å². The molecule has 0 aliphatic heterocycles. The summed E-state index contributed by atoms with van der Waals surface area (Å²) in [5, 5.41) is 7.65. The normalized spacial score (nSPS) is 11.2. The summed E-state index contributed by atoms with van der Waals surface area (Å²) in [5.41, 5.74) is 1.84. The molecule has 8 heteroatoms. The Bertz CT molecular complexity index is 900. The summed E-state index contributed by atoms with van der Waals surface area (Å²) in [6, 6.07) is 7.65. The Morgan fingerprint density at radius 2 is 2.16 bits per heavy atom. The molecule has 132 valence electrons. The number of hydrogen-bond donors (Lipinski definition) is 0. The number of thiazole rings is 1. The van der Waals surface area contributed by atoms with Crippen LogP contribution in [0.25, 0.3) is 11.5 Å². The zero-order chi connectivity index (χ0) is 17.8. The minimum atomic E-state index is 0.336. The lowest BCUT2D eigenvalue weighted by Gasteiger charge is -2.14. The van der Waals surface area contributed by atoms with Gasteiger partial charge in [0.15, 0.2) is 0 Å². The molecule has 0 saturated carbocycles. The molecule has 3 aromatic rings. The lowest BCUT2D eigenvalue weighted by atomic mass is 10.2. The van der Waals surface area contributed by atoms with Gasteiger partial charge in [-0.3, -0.25) is 4.90 Å². The molecule has 2 heterocycles. The second-order valence-corrected chi connectivity index (χ2v) is 7.03. The molecule has 6 nitrogen and oxygen atoms in total. The van der Waals surface area contributed by atoms with Crippen LogP contribution in [0.1, 0.15) is 17.6 Å². The summed E-state index contributed by atoms with van der Waals surface area (Å²) in [6.07, 6.45) is 0. The molecule has 0 fully saturated rings. The van der Waals surface area contributed by atoms with Crippen LogP contribution >= 0.6 is 23.6 Å². The van der Waals surface area contributed by atoms with Gasteiger partial charge in [-0.15, -0.1) is 16.4 Å². The molecule has 0 N–H and O–H groups in total. The van der Waals surface area contributed by atoms with Crippen LogP contribution in [0, 0.1) is 11.8 Å². The number of benzene rings is 1. The van der Waals surface area contributed by atoms with E-state index in [0.29, 0.717) is 24.0 Å². The molecule has 2 aromatic heterocycles. The van der Waals surface area contributed by atoms with E-state index in [2.05, 4.69) is 20.4 Å². The average Bonchev–Trinajstić information content (AvgIpc) is 3.14. The number of aryl methyl sites for hydroxylation is 1. The molecule has 1 aromatic carbocycles. The van der Waals surface area contributed by atoms with Crippen LogP contribution in [0.15, 0.2) is 34.1 Å². The number of nitrogens with zero attached hydrogens (tertiary/aromatic N) is 4. The van der Waals surface area contributed by atoms with E-state index in [1.807, 2.05) is 45.2 Å². The smallest absolute Gasteiger partial charge is 0.288 e. The number of para-hydroxylation sites is 1. The van der Waals surface area contributed by atoms with Crippen LogP contribution in [-0.4, -0.2) is 33.3 Å². The zero-order valence-corrected chi connectivity index (χ0v) is 16.1. The van der Waals surface area contributed by atoms with Crippen molar-refractivity contribution in [2.24, 2.45) is 0 Å². The van der Waals surface area contributed by atoms with Crippen LogP contribution < -0.4 is 4.74 Å². The van der Waals surface area contributed by atoms with E-state index in [0.717, 1.165) is 28.6 Å². The molecule has 0 radical (unpaired) electrons. The maximum atomic E-state index is 5.69. The third-order valence-corrected chi connectivity index (χ3v) is 4.61. The second kappa shape index (κ2) is 7.90. The molecule has 0 aliphatic carbocycles. The fourth-order valence-corrected chi connectivity index (χ4v) is 3.25. The average molecular weight is 377 g/mol. The summed E-state index contributed by atoms with van der Waals surface area (Å²) in [7, 11) is 2.00. The number of aromatic nitrogens is 3. The van der Waals surface area contributed by atoms with Gasteiger partial charge in [0.2, 0.25) is 0 Å².